The molecule has 156 valence electrons. The van der Waals surface area contributed by atoms with Crippen molar-refractivity contribution in [3.05, 3.63) is 60.4 Å². The molecular weight excluding hydrogens is 380 g/mol. The number of hydrogen-bond acceptors (Lipinski definition) is 4. The molecule has 1 unspecified atom stereocenters. The average molecular weight is 406 g/mol. The molecule has 7 nitrogen and oxygen atoms in total. The molecule has 2 heterocycles. The van der Waals surface area contributed by atoms with Gasteiger partial charge in [-0.3, -0.25) is 9.59 Å². The van der Waals surface area contributed by atoms with Crippen molar-refractivity contribution in [3.8, 4) is 0 Å². The first kappa shape index (κ1) is 20.1. The van der Waals surface area contributed by atoms with Gasteiger partial charge in [-0.05, 0) is 37.1 Å². The number of amides is 2. The lowest BCUT2D eigenvalue weighted by Gasteiger charge is -2.19. The molecule has 0 radical (unpaired) electrons. The number of carbonyl (C=O) groups is 2. The number of fused-ring (bicyclic) bond motifs is 1. The van der Waals surface area contributed by atoms with Crippen LogP contribution in [0.2, 0.25) is 0 Å². The van der Waals surface area contributed by atoms with Gasteiger partial charge in [0.05, 0.1) is 11.0 Å². The van der Waals surface area contributed by atoms with Crippen LogP contribution in [0.3, 0.4) is 0 Å². The Hall–Kier alpha value is -3.19. The van der Waals surface area contributed by atoms with Gasteiger partial charge in [-0.25, -0.2) is 4.98 Å². The average Bonchev–Trinajstić information content (AvgIpc) is 3.43. The molecule has 30 heavy (non-hydrogen) atoms. The van der Waals surface area contributed by atoms with Gasteiger partial charge in [-0.15, -0.1) is 0 Å². The summed E-state index contributed by atoms with van der Waals surface area (Å²) >= 11 is 0. The fourth-order valence-corrected chi connectivity index (χ4v) is 3.73. The van der Waals surface area contributed by atoms with Gasteiger partial charge >= 0.3 is 0 Å². The zero-order valence-corrected chi connectivity index (χ0v) is 17.1. The molecule has 0 spiro atoms. The molecule has 2 aromatic carbocycles. The number of para-hydroxylation sites is 3. The van der Waals surface area contributed by atoms with Gasteiger partial charge in [0.1, 0.15) is 18.5 Å². The molecule has 0 bridgehead atoms. The maximum absolute atomic E-state index is 13.0. The Labute approximate surface area is 175 Å². The highest BCUT2D eigenvalue weighted by atomic mass is 16.5. The lowest BCUT2D eigenvalue weighted by atomic mass is 10.2. The minimum atomic E-state index is -0.343. The lowest BCUT2D eigenvalue weighted by Crippen LogP contribution is -2.36. The number of rotatable bonds is 7. The standard InChI is InChI=1S/C23H26N4O3/c1-26(17-8-3-2-4-9-17)22(28)16-27-19-11-6-5-10-18(19)25-21(27)13-14-24-23(29)20-12-7-15-30-20/h2-6,8-11,20H,7,12-16H2,1H3,(H,24,29). The van der Waals surface area contributed by atoms with Crippen molar-refractivity contribution >= 4 is 28.5 Å². The second kappa shape index (κ2) is 9.09. The highest BCUT2D eigenvalue weighted by molar-refractivity contribution is 5.93. The van der Waals surface area contributed by atoms with Crippen molar-refractivity contribution in [2.45, 2.75) is 31.9 Å². The number of carbonyl (C=O) groups excluding carboxylic acids is 2. The van der Waals surface area contributed by atoms with Crippen LogP contribution in [0.5, 0.6) is 0 Å². The number of aromatic nitrogens is 2. The van der Waals surface area contributed by atoms with Gasteiger partial charge in [-0.1, -0.05) is 30.3 Å². The molecule has 0 aliphatic carbocycles. The van der Waals surface area contributed by atoms with E-state index in [0.717, 1.165) is 35.4 Å². The zero-order valence-electron chi connectivity index (χ0n) is 17.1. The van der Waals surface area contributed by atoms with E-state index in [0.29, 0.717) is 19.6 Å². The first-order valence-electron chi connectivity index (χ1n) is 10.3. The van der Waals surface area contributed by atoms with Crippen LogP contribution in [0.4, 0.5) is 5.69 Å². The first-order valence-corrected chi connectivity index (χ1v) is 10.3. The summed E-state index contributed by atoms with van der Waals surface area (Å²) in [7, 11) is 1.78. The van der Waals surface area contributed by atoms with E-state index in [-0.39, 0.29) is 24.5 Å². The van der Waals surface area contributed by atoms with E-state index in [1.807, 2.05) is 59.2 Å². The monoisotopic (exact) mass is 406 g/mol. The van der Waals surface area contributed by atoms with Gasteiger partial charge < -0.3 is 19.5 Å². The minimum Gasteiger partial charge on any atom is -0.368 e. The van der Waals surface area contributed by atoms with Crippen LogP contribution in [0.15, 0.2) is 54.6 Å². The lowest BCUT2D eigenvalue weighted by molar-refractivity contribution is -0.130. The Kier molecular flexibility index (Phi) is 6.09. The maximum atomic E-state index is 13.0. The number of nitrogens with zero attached hydrogens (tertiary/aromatic N) is 3. The summed E-state index contributed by atoms with van der Waals surface area (Å²) in [4.78, 5) is 31.5. The Morgan fingerprint density at radius 1 is 1.17 bits per heavy atom. The van der Waals surface area contributed by atoms with Crippen LogP contribution in [-0.2, 0) is 27.3 Å². The van der Waals surface area contributed by atoms with Gasteiger partial charge in [0, 0.05) is 32.3 Å². The Bertz CT molecular complexity index is 1030. The molecule has 7 heteroatoms. The fourth-order valence-electron chi connectivity index (χ4n) is 3.73. The highest BCUT2D eigenvalue weighted by Crippen LogP contribution is 2.18. The van der Waals surface area contributed by atoms with E-state index >= 15 is 0 Å². The number of imidazole rings is 1. The number of likely N-dealkylation sites (N-methyl/N-ethyl adjacent to an activating group) is 1. The number of benzene rings is 2. The molecule has 1 atom stereocenters. The maximum Gasteiger partial charge on any atom is 0.249 e. The quantitative estimate of drug-likeness (QED) is 0.654. The molecule has 1 aliphatic heterocycles. The third-order valence-electron chi connectivity index (χ3n) is 5.41. The van der Waals surface area contributed by atoms with Crippen LogP contribution in [-0.4, -0.2) is 47.7 Å². The number of nitrogens with one attached hydrogen (secondary N) is 1. The van der Waals surface area contributed by atoms with E-state index in [4.69, 9.17) is 9.72 Å². The van der Waals surface area contributed by atoms with Crippen LogP contribution in [0, 0.1) is 0 Å². The Morgan fingerprint density at radius 3 is 2.70 bits per heavy atom. The molecule has 1 N–H and O–H groups in total. The summed E-state index contributed by atoms with van der Waals surface area (Å²) in [5, 5.41) is 2.93. The van der Waals surface area contributed by atoms with Crippen molar-refractivity contribution < 1.29 is 14.3 Å². The van der Waals surface area contributed by atoms with E-state index in [1.165, 1.54) is 0 Å². The van der Waals surface area contributed by atoms with Crippen LogP contribution in [0.1, 0.15) is 18.7 Å². The van der Waals surface area contributed by atoms with Crippen molar-refractivity contribution in [2.75, 3.05) is 25.1 Å². The summed E-state index contributed by atoms with van der Waals surface area (Å²) in [6.07, 6.45) is 1.88. The van der Waals surface area contributed by atoms with Gasteiger partial charge in [0.25, 0.3) is 0 Å². The van der Waals surface area contributed by atoms with Gasteiger partial charge in [0.15, 0.2) is 0 Å². The predicted molar refractivity (Wildman–Crippen MR) is 115 cm³/mol. The zero-order chi connectivity index (χ0) is 20.9. The van der Waals surface area contributed by atoms with E-state index in [9.17, 15) is 9.59 Å². The smallest absolute Gasteiger partial charge is 0.249 e. The molecule has 0 saturated carbocycles. The number of ether oxygens (including phenoxy) is 1. The molecule has 1 saturated heterocycles. The molecule has 4 rings (SSSR count). The highest BCUT2D eigenvalue weighted by Gasteiger charge is 2.23. The Morgan fingerprint density at radius 2 is 1.93 bits per heavy atom. The van der Waals surface area contributed by atoms with E-state index in [1.54, 1.807) is 11.9 Å². The second-order valence-electron chi connectivity index (χ2n) is 7.43. The Balaban J connectivity index is 1.48. The van der Waals surface area contributed by atoms with Crippen molar-refractivity contribution in [3.63, 3.8) is 0 Å². The summed E-state index contributed by atoms with van der Waals surface area (Å²) in [5.41, 5.74) is 2.60. The van der Waals surface area contributed by atoms with Crippen molar-refractivity contribution in [2.24, 2.45) is 0 Å². The molecule has 1 aliphatic rings. The first-order chi connectivity index (χ1) is 14.6. The van der Waals surface area contributed by atoms with Gasteiger partial charge in [0.2, 0.25) is 11.8 Å². The van der Waals surface area contributed by atoms with Crippen LogP contribution < -0.4 is 10.2 Å². The third kappa shape index (κ3) is 4.36. The third-order valence-corrected chi connectivity index (χ3v) is 5.41. The summed E-state index contributed by atoms with van der Waals surface area (Å²) in [5.74, 6) is 0.669. The fraction of sp³-hybridized carbons (Fsp3) is 0.348. The SMILES string of the molecule is CN(C(=O)Cn1c(CCNC(=O)C2CCCO2)nc2ccccc21)c1ccccc1. The molecule has 1 fully saturated rings. The van der Waals surface area contributed by atoms with Crippen LogP contribution >= 0.6 is 0 Å². The molecular formula is C23H26N4O3. The number of anilines is 1. The number of hydrogen-bond donors (Lipinski definition) is 1. The summed E-state index contributed by atoms with van der Waals surface area (Å²) in [6.45, 7) is 1.27. The summed E-state index contributed by atoms with van der Waals surface area (Å²) in [6, 6.07) is 17.3. The predicted octanol–water partition coefficient (Wildman–Crippen LogP) is 2.54. The molecule has 1 aromatic heterocycles. The normalized spacial score (nSPS) is 16.0. The van der Waals surface area contributed by atoms with E-state index < -0.39 is 0 Å². The van der Waals surface area contributed by atoms with Crippen molar-refractivity contribution in [1.29, 1.82) is 0 Å². The van der Waals surface area contributed by atoms with E-state index in [2.05, 4.69) is 5.32 Å². The minimum absolute atomic E-state index is 0.0333. The van der Waals surface area contributed by atoms with Gasteiger partial charge in [-0.2, -0.15) is 0 Å². The second-order valence-corrected chi connectivity index (χ2v) is 7.43. The molecule has 3 aromatic rings. The van der Waals surface area contributed by atoms with Crippen molar-refractivity contribution in [1.82, 2.24) is 14.9 Å². The van der Waals surface area contributed by atoms with Crippen LogP contribution in [0.25, 0.3) is 11.0 Å². The topological polar surface area (TPSA) is 76.5 Å². The summed E-state index contributed by atoms with van der Waals surface area (Å²) < 4.78 is 7.37. The molecule has 2 amide bonds. The largest absolute Gasteiger partial charge is 0.368 e.